The highest BCUT2D eigenvalue weighted by Gasteiger charge is 2.24. The first kappa shape index (κ1) is 39.8. The summed E-state index contributed by atoms with van der Waals surface area (Å²) in [7, 11) is 2.70. The van der Waals surface area contributed by atoms with Gasteiger partial charge in [0.05, 0.1) is 27.7 Å². The average Bonchev–Trinajstić information content (AvgIpc) is 2.90. The number of likely N-dealkylation sites (N-methyl/N-ethyl adjacent to an activating group) is 1. The average molecular weight is 605 g/mol. The van der Waals surface area contributed by atoms with Crippen molar-refractivity contribution in [2.45, 2.75) is 129 Å². The Hall–Kier alpha value is -1.21. The fourth-order valence-electron chi connectivity index (χ4n) is 4.13. The number of ether oxygens (including phenoxy) is 2. The van der Waals surface area contributed by atoms with E-state index in [-0.39, 0.29) is 32.2 Å². The fraction of sp³-hybridized carbons (Fsp3) is 0.875. The smallest absolute Gasteiger partial charge is 0.327 e. The topological polar surface area (TPSA) is 88.1 Å². The minimum atomic E-state index is -3.35. The van der Waals surface area contributed by atoms with Crippen molar-refractivity contribution in [3.63, 3.8) is 0 Å². The molecule has 0 fully saturated rings. The monoisotopic (exact) mass is 604 g/mol. The number of allylic oxidation sites excluding steroid dienone is 2. The van der Waals surface area contributed by atoms with Crippen molar-refractivity contribution in [1.29, 1.82) is 0 Å². The van der Waals surface area contributed by atoms with Crippen molar-refractivity contribution in [2.75, 3.05) is 54.2 Å². The van der Waals surface area contributed by atoms with E-state index in [1.807, 2.05) is 40.2 Å². The molecular formula is C32H63NO7P+. The van der Waals surface area contributed by atoms with Gasteiger partial charge < -0.3 is 23.0 Å². The van der Waals surface area contributed by atoms with Gasteiger partial charge in [-0.1, -0.05) is 103 Å². The predicted molar refractivity (Wildman–Crippen MR) is 168 cm³/mol. The Labute approximate surface area is 252 Å². The normalized spacial score (nSPS) is 14.2. The molecule has 242 valence electrons. The number of esters is 2. The SMILES string of the molecule is CC/C=C\CCC(=O)OC(COC(=O)CCCCCCCCCCCCCCC)COP(C)(=O)OCC[N+](C)(C)C. The summed E-state index contributed by atoms with van der Waals surface area (Å²) in [6, 6.07) is 0. The summed E-state index contributed by atoms with van der Waals surface area (Å²) >= 11 is 0. The fourth-order valence-corrected chi connectivity index (χ4v) is 5.05. The van der Waals surface area contributed by atoms with Crippen LogP contribution in [-0.4, -0.2) is 76.7 Å². The summed E-state index contributed by atoms with van der Waals surface area (Å²) in [6.45, 7) is 6.33. The van der Waals surface area contributed by atoms with Crippen LogP contribution in [0.5, 0.6) is 0 Å². The van der Waals surface area contributed by atoms with Crippen LogP contribution < -0.4 is 0 Å². The van der Waals surface area contributed by atoms with E-state index in [1.165, 1.54) is 70.9 Å². The zero-order valence-electron chi connectivity index (χ0n) is 27.3. The van der Waals surface area contributed by atoms with Gasteiger partial charge in [0, 0.05) is 19.5 Å². The maximum atomic E-state index is 12.7. The third-order valence-corrected chi connectivity index (χ3v) is 7.98. The number of unbranched alkanes of at least 4 members (excludes halogenated alkanes) is 12. The van der Waals surface area contributed by atoms with E-state index in [9.17, 15) is 14.2 Å². The summed E-state index contributed by atoms with van der Waals surface area (Å²) < 4.78 is 35.3. The van der Waals surface area contributed by atoms with Crippen molar-refractivity contribution < 1.29 is 37.2 Å². The number of hydrogen-bond donors (Lipinski definition) is 0. The Morgan fingerprint density at radius 1 is 0.732 bits per heavy atom. The lowest BCUT2D eigenvalue weighted by atomic mass is 10.0. The van der Waals surface area contributed by atoms with Crippen LogP contribution in [0, 0.1) is 0 Å². The lowest BCUT2D eigenvalue weighted by Crippen LogP contribution is -2.37. The van der Waals surface area contributed by atoms with Gasteiger partial charge in [-0.05, 0) is 19.3 Å². The van der Waals surface area contributed by atoms with Crippen molar-refractivity contribution >= 4 is 19.5 Å². The largest absolute Gasteiger partial charge is 0.462 e. The number of carbonyl (C=O) groups is 2. The molecule has 0 saturated heterocycles. The van der Waals surface area contributed by atoms with Gasteiger partial charge in [0.2, 0.25) is 0 Å². The lowest BCUT2D eigenvalue weighted by Gasteiger charge is -2.25. The van der Waals surface area contributed by atoms with Crippen LogP contribution in [0.25, 0.3) is 0 Å². The minimum Gasteiger partial charge on any atom is -0.462 e. The molecule has 41 heavy (non-hydrogen) atoms. The number of carbonyl (C=O) groups excluding carboxylic acids is 2. The molecule has 2 unspecified atom stereocenters. The number of nitrogens with zero attached hydrogens (tertiary/aromatic N) is 1. The standard InChI is InChI=1S/C32H63NO7P/c1-7-9-11-13-14-15-16-17-18-19-20-21-23-24-31(34)37-28-30(40-32(35)25-22-12-10-8-2)29-39-41(6,36)38-27-26-33(3,4)5/h10,12,30H,7-9,11,13-29H2,1-6H3/q+1/b12-10-. The minimum absolute atomic E-state index is 0.132. The highest BCUT2D eigenvalue weighted by atomic mass is 31.2. The first-order chi connectivity index (χ1) is 19.5. The molecule has 0 aliphatic carbocycles. The Morgan fingerprint density at radius 3 is 1.83 bits per heavy atom. The van der Waals surface area contributed by atoms with E-state index < -0.39 is 19.7 Å². The molecular weight excluding hydrogens is 541 g/mol. The van der Waals surface area contributed by atoms with Crippen LogP contribution in [0.2, 0.25) is 0 Å². The molecule has 0 aliphatic rings. The van der Waals surface area contributed by atoms with E-state index in [4.69, 9.17) is 18.5 Å². The summed E-state index contributed by atoms with van der Waals surface area (Å²) in [5.74, 6) is -0.734. The molecule has 0 bridgehead atoms. The van der Waals surface area contributed by atoms with Crippen molar-refractivity contribution in [2.24, 2.45) is 0 Å². The highest BCUT2D eigenvalue weighted by Crippen LogP contribution is 2.43. The molecule has 0 aromatic heterocycles. The second kappa shape index (κ2) is 25.3. The molecule has 0 spiro atoms. The summed E-state index contributed by atoms with van der Waals surface area (Å²) in [6.07, 6.45) is 21.3. The Bertz CT molecular complexity index is 736. The van der Waals surface area contributed by atoms with Crippen molar-refractivity contribution in [1.82, 2.24) is 0 Å². The van der Waals surface area contributed by atoms with Crippen LogP contribution in [0.3, 0.4) is 0 Å². The van der Waals surface area contributed by atoms with Gasteiger partial charge in [-0.3, -0.25) is 14.2 Å². The van der Waals surface area contributed by atoms with Gasteiger partial charge in [-0.2, -0.15) is 0 Å². The molecule has 0 heterocycles. The van der Waals surface area contributed by atoms with E-state index >= 15 is 0 Å². The van der Waals surface area contributed by atoms with Gasteiger partial charge in [0.15, 0.2) is 6.10 Å². The molecule has 0 radical (unpaired) electrons. The van der Waals surface area contributed by atoms with Crippen LogP contribution >= 0.6 is 7.60 Å². The van der Waals surface area contributed by atoms with Gasteiger partial charge >= 0.3 is 19.5 Å². The second-order valence-electron chi connectivity index (χ2n) is 12.1. The Balaban J connectivity index is 4.34. The van der Waals surface area contributed by atoms with E-state index in [1.54, 1.807) is 0 Å². The molecule has 2 atom stereocenters. The molecule has 0 aliphatic heterocycles. The lowest BCUT2D eigenvalue weighted by molar-refractivity contribution is -0.870. The molecule has 0 aromatic rings. The van der Waals surface area contributed by atoms with Crippen LogP contribution in [0.4, 0.5) is 0 Å². The summed E-state index contributed by atoms with van der Waals surface area (Å²) in [4.78, 5) is 24.6. The number of quaternary nitrogens is 1. The van der Waals surface area contributed by atoms with Gasteiger partial charge in [0.1, 0.15) is 19.8 Å². The van der Waals surface area contributed by atoms with E-state index in [0.717, 1.165) is 25.7 Å². The zero-order chi connectivity index (χ0) is 30.8. The molecule has 0 saturated carbocycles. The van der Waals surface area contributed by atoms with Crippen LogP contribution in [-0.2, 0) is 32.7 Å². The highest BCUT2D eigenvalue weighted by molar-refractivity contribution is 7.52. The number of rotatable bonds is 28. The van der Waals surface area contributed by atoms with Crippen molar-refractivity contribution in [3.05, 3.63) is 12.2 Å². The van der Waals surface area contributed by atoms with E-state index in [2.05, 4.69) is 6.92 Å². The maximum absolute atomic E-state index is 12.7. The van der Waals surface area contributed by atoms with Gasteiger partial charge in [-0.25, -0.2) is 0 Å². The predicted octanol–water partition coefficient (Wildman–Crippen LogP) is 8.23. The Morgan fingerprint density at radius 2 is 1.29 bits per heavy atom. The zero-order valence-corrected chi connectivity index (χ0v) is 28.2. The molecule has 0 N–H and O–H groups in total. The van der Waals surface area contributed by atoms with Gasteiger partial charge in [0.25, 0.3) is 0 Å². The third-order valence-electron chi connectivity index (χ3n) is 6.71. The first-order valence-electron chi connectivity index (χ1n) is 16.2. The third kappa shape index (κ3) is 28.7. The molecule has 0 amide bonds. The molecule has 0 aromatic carbocycles. The molecule has 0 rings (SSSR count). The second-order valence-corrected chi connectivity index (χ2v) is 14.2. The quantitative estimate of drug-likeness (QED) is 0.0292. The summed E-state index contributed by atoms with van der Waals surface area (Å²) in [5.41, 5.74) is 0. The molecule has 9 heteroatoms. The van der Waals surface area contributed by atoms with E-state index in [0.29, 0.717) is 23.9 Å². The maximum Gasteiger partial charge on any atom is 0.327 e. The summed E-state index contributed by atoms with van der Waals surface area (Å²) in [5, 5.41) is 0. The molecule has 8 nitrogen and oxygen atoms in total. The van der Waals surface area contributed by atoms with Gasteiger partial charge in [-0.15, -0.1) is 0 Å². The number of hydrogen-bond acceptors (Lipinski definition) is 7. The van der Waals surface area contributed by atoms with Crippen molar-refractivity contribution in [3.8, 4) is 0 Å². The Kier molecular flexibility index (Phi) is 24.6. The van der Waals surface area contributed by atoms with Crippen LogP contribution in [0.15, 0.2) is 12.2 Å². The first-order valence-corrected chi connectivity index (χ1v) is 18.1. The van der Waals surface area contributed by atoms with Crippen LogP contribution in [0.1, 0.15) is 123 Å².